The first-order valence-electron chi connectivity index (χ1n) is 9.42. The number of rotatable bonds is 4. The predicted molar refractivity (Wildman–Crippen MR) is 121 cm³/mol. The number of imide groups is 2. The van der Waals surface area contributed by atoms with E-state index in [1.165, 1.54) is 6.08 Å². The van der Waals surface area contributed by atoms with Crippen molar-refractivity contribution < 1.29 is 14.4 Å². The lowest BCUT2D eigenvalue weighted by atomic mass is 9.97. The van der Waals surface area contributed by atoms with E-state index in [9.17, 15) is 14.4 Å². The summed E-state index contributed by atoms with van der Waals surface area (Å²) in [6.45, 7) is 0. The lowest BCUT2D eigenvalue weighted by molar-refractivity contribution is -0.122. The maximum atomic E-state index is 13.1. The Morgan fingerprint density at radius 2 is 1.55 bits per heavy atom. The zero-order valence-corrected chi connectivity index (χ0v) is 17.7. The molecule has 7 heteroatoms. The molecule has 5 nitrogen and oxygen atoms in total. The van der Waals surface area contributed by atoms with Crippen molar-refractivity contribution >= 4 is 52.8 Å². The van der Waals surface area contributed by atoms with Gasteiger partial charge in [-0.05, 0) is 59.5 Å². The molecule has 3 aromatic rings. The molecule has 1 saturated heterocycles. The van der Waals surface area contributed by atoms with E-state index in [4.69, 9.17) is 23.2 Å². The quantitative estimate of drug-likeness (QED) is 0.435. The van der Waals surface area contributed by atoms with Crippen LogP contribution in [-0.4, -0.2) is 17.8 Å². The van der Waals surface area contributed by atoms with Crippen LogP contribution in [0.5, 0.6) is 0 Å². The van der Waals surface area contributed by atoms with Gasteiger partial charge in [-0.1, -0.05) is 65.7 Å². The molecule has 31 heavy (non-hydrogen) atoms. The summed E-state index contributed by atoms with van der Waals surface area (Å²) in [5, 5.41) is 3.29. The minimum Gasteiger partial charge on any atom is -0.273 e. The molecular formula is C24H16Cl2N2O3. The topological polar surface area (TPSA) is 66.5 Å². The summed E-state index contributed by atoms with van der Waals surface area (Å²) >= 11 is 12.5. The van der Waals surface area contributed by atoms with Gasteiger partial charge in [-0.2, -0.15) is 0 Å². The van der Waals surface area contributed by atoms with E-state index in [0.29, 0.717) is 27.7 Å². The molecule has 4 amide bonds. The van der Waals surface area contributed by atoms with E-state index >= 15 is 0 Å². The SMILES string of the molecule is O=C1NC(=O)N(c2ccccc2)C(=O)/C1=C/c1cc(Cl)ccc1Cc1ccccc1Cl. The van der Waals surface area contributed by atoms with Gasteiger partial charge >= 0.3 is 6.03 Å². The highest BCUT2D eigenvalue weighted by atomic mass is 35.5. The summed E-state index contributed by atoms with van der Waals surface area (Å²) < 4.78 is 0. The molecule has 1 fully saturated rings. The first-order chi connectivity index (χ1) is 14.9. The molecule has 3 aromatic carbocycles. The third-order valence-corrected chi connectivity index (χ3v) is 5.47. The third-order valence-electron chi connectivity index (χ3n) is 4.86. The summed E-state index contributed by atoms with van der Waals surface area (Å²) in [6, 6.07) is 20.3. The average Bonchev–Trinajstić information content (AvgIpc) is 2.75. The lowest BCUT2D eigenvalue weighted by Crippen LogP contribution is -2.54. The number of hydrogen-bond acceptors (Lipinski definition) is 3. The van der Waals surface area contributed by atoms with Crippen molar-refractivity contribution in [2.24, 2.45) is 0 Å². The summed E-state index contributed by atoms with van der Waals surface area (Å²) in [7, 11) is 0. The monoisotopic (exact) mass is 450 g/mol. The van der Waals surface area contributed by atoms with Crippen molar-refractivity contribution in [3.05, 3.63) is 105 Å². The molecule has 0 radical (unpaired) electrons. The van der Waals surface area contributed by atoms with Crippen molar-refractivity contribution in [1.29, 1.82) is 0 Å². The number of nitrogens with one attached hydrogen (secondary N) is 1. The molecule has 0 aliphatic carbocycles. The van der Waals surface area contributed by atoms with Crippen LogP contribution in [0.1, 0.15) is 16.7 Å². The Morgan fingerprint density at radius 1 is 0.839 bits per heavy atom. The normalized spacial score (nSPS) is 15.4. The first kappa shape index (κ1) is 20.8. The van der Waals surface area contributed by atoms with Crippen LogP contribution in [0.2, 0.25) is 10.0 Å². The fourth-order valence-electron chi connectivity index (χ4n) is 3.33. The number of anilines is 1. The van der Waals surface area contributed by atoms with Crippen molar-refractivity contribution in [2.75, 3.05) is 4.90 Å². The highest BCUT2D eigenvalue weighted by Crippen LogP contribution is 2.27. The second kappa shape index (κ2) is 8.76. The van der Waals surface area contributed by atoms with Gasteiger partial charge < -0.3 is 0 Å². The number of nitrogens with zero attached hydrogens (tertiary/aromatic N) is 1. The maximum absolute atomic E-state index is 13.1. The number of urea groups is 1. The molecule has 1 N–H and O–H groups in total. The zero-order chi connectivity index (χ0) is 22.0. The zero-order valence-electron chi connectivity index (χ0n) is 16.1. The Morgan fingerprint density at radius 3 is 2.29 bits per heavy atom. The number of halogens is 2. The number of carbonyl (C=O) groups is 3. The summed E-state index contributed by atoms with van der Waals surface area (Å²) in [5.74, 6) is -1.46. The molecule has 1 aliphatic rings. The second-order valence-electron chi connectivity index (χ2n) is 6.90. The van der Waals surface area contributed by atoms with Crippen LogP contribution < -0.4 is 10.2 Å². The van der Waals surface area contributed by atoms with Crippen LogP contribution in [0.4, 0.5) is 10.5 Å². The van der Waals surface area contributed by atoms with Crippen molar-refractivity contribution in [1.82, 2.24) is 5.32 Å². The van der Waals surface area contributed by atoms with E-state index in [2.05, 4.69) is 5.32 Å². The number of carbonyl (C=O) groups excluding carboxylic acids is 3. The van der Waals surface area contributed by atoms with Crippen LogP contribution in [0.15, 0.2) is 78.4 Å². The van der Waals surface area contributed by atoms with E-state index in [1.54, 1.807) is 48.5 Å². The van der Waals surface area contributed by atoms with Crippen LogP contribution in [0.25, 0.3) is 6.08 Å². The van der Waals surface area contributed by atoms with Gasteiger partial charge in [0.05, 0.1) is 5.69 Å². The molecule has 1 heterocycles. The third kappa shape index (κ3) is 4.38. The van der Waals surface area contributed by atoms with Gasteiger partial charge in [0.25, 0.3) is 11.8 Å². The number of para-hydroxylation sites is 1. The van der Waals surface area contributed by atoms with E-state index in [1.807, 2.05) is 24.3 Å². The molecule has 154 valence electrons. The number of hydrogen-bond donors (Lipinski definition) is 1. The summed E-state index contributed by atoms with van der Waals surface area (Å²) in [5.41, 5.74) is 2.52. The molecule has 0 saturated carbocycles. The summed E-state index contributed by atoms with van der Waals surface area (Å²) in [6.07, 6.45) is 1.94. The van der Waals surface area contributed by atoms with Crippen LogP contribution in [0.3, 0.4) is 0 Å². The van der Waals surface area contributed by atoms with Crippen LogP contribution >= 0.6 is 23.2 Å². The predicted octanol–water partition coefficient (Wildman–Crippen LogP) is 5.25. The number of barbiturate groups is 1. The van der Waals surface area contributed by atoms with E-state index in [0.717, 1.165) is 16.0 Å². The van der Waals surface area contributed by atoms with Gasteiger partial charge in [0.15, 0.2) is 0 Å². The Labute approximate surface area is 188 Å². The molecule has 0 bridgehead atoms. The van der Waals surface area contributed by atoms with Crippen molar-refractivity contribution in [3.63, 3.8) is 0 Å². The number of benzene rings is 3. The van der Waals surface area contributed by atoms with Gasteiger partial charge in [0.2, 0.25) is 0 Å². The van der Waals surface area contributed by atoms with Crippen molar-refractivity contribution in [3.8, 4) is 0 Å². The largest absolute Gasteiger partial charge is 0.335 e. The fraction of sp³-hybridized carbons (Fsp3) is 0.0417. The van der Waals surface area contributed by atoms with Gasteiger partial charge in [-0.3, -0.25) is 14.9 Å². The minimum absolute atomic E-state index is 0.161. The van der Waals surface area contributed by atoms with Gasteiger partial charge in [-0.15, -0.1) is 0 Å². The van der Waals surface area contributed by atoms with E-state index < -0.39 is 17.8 Å². The van der Waals surface area contributed by atoms with E-state index in [-0.39, 0.29) is 5.57 Å². The van der Waals surface area contributed by atoms with Gasteiger partial charge in [-0.25, -0.2) is 9.69 Å². The summed E-state index contributed by atoms with van der Waals surface area (Å²) in [4.78, 5) is 38.8. The smallest absolute Gasteiger partial charge is 0.273 e. The van der Waals surface area contributed by atoms with Crippen molar-refractivity contribution in [2.45, 2.75) is 6.42 Å². The standard InChI is InChI=1S/C24H16Cl2N2O3/c25-18-11-10-15(12-16-6-4-5-9-21(16)26)17(13-18)14-20-22(29)27-24(31)28(23(20)30)19-7-2-1-3-8-19/h1-11,13-14H,12H2,(H,27,29,31)/b20-14+. The van der Waals surface area contributed by atoms with Gasteiger partial charge in [0, 0.05) is 10.0 Å². The average molecular weight is 451 g/mol. The minimum atomic E-state index is -0.791. The number of amides is 4. The molecule has 4 rings (SSSR count). The molecule has 0 spiro atoms. The van der Waals surface area contributed by atoms with Crippen LogP contribution in [0, 0.1) is 0 Å². The van der Waals surface area contributed by atoms with Crippen LogP contribution in [-0.2, 0) is 16.0 Å². The Bertz CT molecular complexity index is 1220. The maximum Gasteiger partial charge on any atom is 0.335 e. The molecule has 1 aliphatic heterocycles. The molecule has 0 aromatic heterocycles. The Balaban J connectivity index is 1.75. The highest BCUT2D eigenvalue weighted by Gasteiger charge is 2.36. The Hall–Kier alpha value is -3.41. The first-order valence-corrected chi connectivity index (χ1v) is 10.2. The second-order valence-corrected chi connectivity index (χ2v) is 7.75. The highest BCUT2D eigenvalue weighted by molar-refractivity contribution is 6.39. The lowest BCUT2D eigenvalue weighted by Gasteiger charge is -2.26. The molecule has 0 unspecified atom stereocenters. The fourth-order valence-corrected chi connectivity index (χ4v) is 3.72. The Kier molecular flexibility index (Phi) is 5.89. The van der Waals surface area contributed by atoms with Gasteiger partial charge in [0.1, 0.15) is 5.57 Å². The molecular weight excluding hydrogens is 435 g/mol. The molecule has 0 atom stereocenters.